The highest BCUT2D eigenvalue weighted by Gasteiger charge is 2.28. The van der Waals surface area contributed by atoms with Crippen LogP contribution in [-0.2, 0) is 16.6 Å². The first kappa shape index (κ1) is 15.0. The second-order valence-corrected chi connectivity index (χ2v) is 8.12. The van der Waals surface area contributed by atoms with Gasteiger partial charge in [-0.05, 0) is 42.2 Å². The first-order valence-corrected chi connectivity index (χ1v) is 9.08. The molecule has 1 unspecified atom stereocenters. The van der Waals surface area contributed by atoms with Crippen molar-refractivity contribution in [1.82, 2.24) is 4.31 Å². The van der Waals surface area contributed by atoms with Gasteiger partial charge in [-0.25, -0.2) is 8.42 Å². The van der Waals surface area contributed by atoms with E-state index in [-0.39, 0.29) is 6.61 Å². The van der Waals surface area contributed by atoms with E-state index in [0.29, 0.717) is 28.8 Å². The maximum Gasteiger partial charge on any atom is 0.252 e. The van der Waals surface area contributed by atoms with Crippen LogP contribution >= 0.6 is 11.3 Å². The van der Waals surface area contributed by atoms with Crippen molar-refractivity contribution >= 4 is 21.4 Å². The van der Waals surface area contributed by atoms with E-state index in [0.717, 1.165) is 25.7 Å². The Morgan fingerprint density at radius 1 is 1.42 bits per heavy atom. The molecule has 1 fully saturated rings. The van der Waals surface area contributed by atoms with Gasteiger partial charge in [0.25, 0.3) is 10.0 Å². The van der Waals surface area contributed by atoms with E-state index >= 15 is 0 Å². The van der Waals surface area contributed by atoms with E-state index in [4.69, 9.17) is 5.11 Å². The van der Waals surface area contributed by atoms with Crippen LogP contribution in [0, 0.1) is 5.92 Å². The van der Waals surface area contributed by atoms with Crippen molar-refractivity contribution in [3.8, 4) is 0 Å². The molecule has 0 saturated carbocycles. The molecule has 1 aromatic rings. The third-order valence-corrected chi connectivity index (χ3v) is 7.15. The number of aliphatic hydroxyl groups is 1. The summed E-state index contributed by atoms with van der Waals surface area (Å²) in [4.78, 5) is 0. The molecule has 1 atom stereocenters. The van der Waals surface area contributed by atoms with E-state index in [9.17, 15) is 8.42 Å². The van der Waals surface area contributed by atoms with E-state index in [1.54, 1.807) is 15.8 Å². The molecule has 1 N–H and O–H groups in total. The fourth-order valence-electron chi connectivity index (χ4n) is 2.49. The summed E-state index contributed by atoms with van der Waals surface area (Å²) in [6, 6.07) is 1.59. The Hall–Kier alpha value is -0.430. The van der Waals surface area contributed by atoms with Crippen molar-refractivity contribution in [1.29, 1.82) is 0 Å². The Labute approximate surface area is 119 Å². The summed E-state index contributed by atoms with van der Waals surface area (Å²) in [6.45, 7) is 3.30. The highest BCUT2D eigenvalue weighted by atomic mass is 32.2. The standard InChI is InChI=1S/C13H21NO3S2/c1-2-11-4-3-6-14(7-5-11)19(16,17)13-8-12(9-15)10-18-13/h8,10-11,15H,2-7,9H2,1H3. The minimum atomic E-state index is -3.37. The summed E-state index contributed by atoms with van der Waals surface area (Å²) in [7, 11) is -3.37. The average Bonchev–Trinajstić information content (AvgIpc) is 2.76. The lowest BCUT2D eigenvalue weighted by Gasteiger charge is -2.19. The van der Waals surface area contributed by atoms with Crippen LogP contribution < -0.4 is 0 Å². The Kier molecular flexibility index (Phi) is 5.00. The molecule has 1 aliphatic rings. The zero-order valence-electron chi connectivity index (χ0n) is 11.2. The average molecular weight is 303 g/mol. The van der Waals surface area contributed by atoms with Crippen LogP contribution in [0.15, 0.2) is 15.7 Å². The first-order chi connectivity index (χ1) is 9.07. The molecule has 2 heterocycles. The lowest BCUT2D eigenvalue weighted by atomic mass is 9.98. The fraction of sp³-hybridized carbons (Fsp3) is 0.692. The van der Waals surface area contributed by atoms with Gasteiger partial charge >= 0.3 is 0 Å². The van der Waals surface area contributed by atoms with Gasteiger partial charge < -0.3 is 5.11 Å². The fourth-order valence-corrected chi connectivity index (χ4v) is 5.33. The van der Waals surface area contributed by atoms with Gasteiger partial charge in [-0.3, -0.25) is 0 Å². The molecule has 1 aromatic heterocycles. The number of thiophene rings is 1. The van der Waals surface area contributed by atoms with Gasteiger partial charge in [-0.2, -0.15) is 4.31 Å². The van der Waals surface area contributed by atoms with Crippen LogP contribution in [-0.4, -0.2) is 30.9 Å². The second kappa shape index (κ2) is 6.35. The Balaban J connectivity index is 2.15. The summed E-state index contributed by atoms with van der Waals surface area (Å²) in [5.74, 6) is 0.650. The topological polar surface area (TPSA) is 57.6 Å². The van der Waals surface area contributed by atoms with Crippen LogP contribution in [0.4, 0.5) is 0 Å². The van der Waals surface area contributed by atoms with Crippen molar-refractivity contribution < 1.29 is 13.5 Å². The summed E-state index contributed by atoms with van der Waals surface area (Å²) >= 11 is 1.20. The maximum absolute atomic E-state index is 12.5. The number of hydrogen-bond donors (Lipinski definition) is 1. The van der Waals surface area contributed by atoms with Crippen molar-refractivity contribution in [3.63, 3.8) is 0 Å². The molecule has 0 radical (unpaired) electrons. The van der Waals surface area contributed by atoms with Gasteiger partial charge in [-0.15, -0.1) is 11.3 Å². The highest BCUT2D eigenvalue weighted by Crippen LogP contribution is 2.28. The number of nitrogens with zero attached hydrogens (tertiary/aromatic N) is 1. The van der Waals surface area contributed by atoms with Crippen LogP contribution in [0.3, 0.4) is 0 Å². The number of aliphatic hydroxyl groups excluding tert-OH is 1. The van der Waals surface area contributed by atoms with E-state index in [1.807, 2.05) is 0 Å². The van der Waals surface area contributed by atoms with E-state index in [1.165, 1.54) is 11.3 Å². The van der Waals surface area contributed by atoms with Crippen molar-refractivity contribution in [2.75, 3.05) is 13.1 Å². The minimum Gasteiger partial charge on any atom is -0.392 e. The number of hydrogen-bond acceptors (Lipinski definition) is 4. The van der Waals surface area contributed by atoms with E-state index < -0.39 is 10.0 Å². The number of sulfonamides is 1. The van der Waals surface area contributed by atoms with Crippen LogP contribution in [0.5, 0.6) is 0 Å². The van der Waals surface area contributed by atoms with Crippen LogP contribution in [0.25, 0.3) is 0 Å². The molecule has 0 aromatic carbocycles. The summed E-state index contributed by atoms with van der Waals surface area (Å²) in [5, 5.41) is 10.7. The first-order valence-electron chi connectivity index (χ1n) is 6.76. The molecule has 0 aliphatic carbocycles. The Morgan fingerprint density at radius 2 is 2.21 bits per heavy atom. The van der Waals surface area contributed by atoms with Gasteiger partial charge in [0.05, 0.1) is 6.61 Å². The Bertz CT molecular complexity index is 510. The molecular formula is C13H21NO3S2. The zero-order chi connectivity index (χ0) is 13.9. The van der Waals surface area contributed by atoms with Gasteiger partial charge in [0.15, 0.2) is 0 Å². The smallest absolute Gasteiger partial charge is 0.252 e. The lowest BCUT2D eigenvalue weighted by Crippen LogP contribution is -2.31. The van der Waals surface area contributed by atoms with Gasteiger partial charge in [0.1, 0.15) is 4.21 Å². The predicted molar refractivity (Wildman–Crippen MR) is 76.6 cm³/mol. The maximum atomic E-state index is 12.5. The third kappa shape index (κ3) is 3.37. The summed E-state index contributed by atoms with van der Waals surface area (Å²) in [5.41, 5.74) is 0.671. The van der Waals surface area contributed by atoms with Crippen molar-refractivity contribution in [2.45, 2.75) is 43.4 Å². The van der Waals surface area contributed by atoms with Crippen LogP contribution in [0.1, 0.15) is 38.2 Å². The molecular weight excluding hydrogens is 282 g/mol. The molecule has 1 saturated heterocycles. The monoisotopic (exact) mass is 303 g/mol. The lowest BCUT2D eigenvalue weighted by molar-refractivity contribution is 0.282. The van der Waals surface area contributed by atoms with Crippen LogP contribution in [0.2, 0.25) is 0 Å². The quantitative estimate of drug-likeness (QED) is 0.929. The molecule has 4 nitrogen and oxygen atoms in total. The molecule has 0 amide bonds. The van der Waals surface area contributed by atoms with E-state index in [2.05, 4.69) is 6.92 Å². The summed E-state index contributed by atoms with van der Waals surface area (Å²) < 4.78 is 27.0. The molecule has 19 heavy (non-hydrogen) atoms. The zero-order valence-corrected chi connectivity index (χ0v) is 12.8. The van der Waals surface area contributed by atoms with Gasteiger partial charge in [0, 0.05) is 13.1 Å². The second-order valence-electron chi connectivity index (χ2n) is 5.04. The molecule has 0 bridgehead atoms. The SMILES string of the molecule is CCC1CCCN(S(=O)(=O)c2cc(CO)cs2)CC1. The molecule has 108 valence electrons. The van der Waals surface area contributed by atoms with Crippen molar-refractivity contribution in [2.24, 2.45) is 5.92 Å². The summed E-state index contributed by atoms with van der Waals surface area (Å²) in [6.07, 6.45) is 4.14. The number of rotatable bonds is 4. The third-order valence-electron chi connectivity index (χ3n) is 3.79. The Morgan fingerprint density at radius 3 is 2.84 bits per heavy atom. The molecule has 1 aliphatic heterocycles. The van der Waals surface area contributed by atoms with Gasteiger partial charge in [-0.1, -0.05) is 13.3 Å². The van der Waals surface area contributed by atoms with Crippen molar-refractivity contribution in [3.05, 3.63) is 17.0 Å². The molecule has 0 spiro atoms. The molecule has 2 rings (SSSR count). The largest absolute Gasteiger partial charge is 0.392 e. The van der Waals surface area contributed by atoms with Gasteiger partial charge in [0.2, 0.25) is 0 Å². The highest BCUT2D eigenvalue weighted by molar-refractivity contribution is 7.91. The minimum absolute atomic E-state index is 0.107. The molecule has 6 heteroatoms. The normalized spacial score (nSPS) is 22.3. The predicted octanol–water partition coefficient (Wildman–Crippen LogP) is 2.44.